The minimum atomic E-state index is 0.500. The maximum Gasteiger partial charge on any atom is 0.274 e. The summed E-state index contributed by atoms with van der Waals surface area (Å²) in [6.07, 6.45) is 0. The fourth-order valence-electron chi connectivity index (χ4n) is 0.621. The van der Waals surface area contributed by atoms with Crippen LogP contribution in [0.5, 0.6) is 5.19 Å². The first kappa shape index (κ1) is 9.77. The van der Waals surface area contributed by atoms with Gasteiger partial charge in [-0.25, -0.2) is 0 Å². The predicted molar refractivity (Wildman–Crippen MR) is 51.2 cm³/mol. The van der Waals surface area contributed by atoms with Gasteiger partial charge in [0.2, 0.25) is 0 Å². The van der Waals surface area contributed by atoms with Crippen molar-refractivity contribution in [2.75, 3.05) is 27.2 Å². The first-order valence-electron chi connectivity index (χ1n) is 3.57. The molecule has 68 valence electrons. The number of likely N-dealkylation sites (N-methyl/N-ethyl adjacent to an activating group) is 1. The molecule has 0 unspecified atom stereocenters. The van der Waals surface area contributed by atoms with E-state index in [0.29, 0.717) is 17.0 Å². The lowest BCUT2D eigenvalue weighted by Gasteiger charge is -2.08. The molecule has 0 N–H and O–H groups in total. The van der Waals surface area contributed by atoms with E-state index in [1.165, 1.54) is 11.3 Å². The lowest BCUT2D eigenvalue weighted by Crippen LogP contribution is -2.19. The van der Waals surface area contributed by atoms with Gasteiger partial charge in [0.1, 0.15) is 11.8 Å². The van der Waals surface area contributed by atoms with Crippen LogP contribution in [0.1, 0.15) is 0 Å². The SMILES string of the molecule is CN(C)CCOc1nc(Cl)cs1. The fraction of sp³-hybridized carbons (Fsp3) is 0.571. The van der Waals surface area contributed by atoms with Crippen molar-refractivity contribution in [1.29, 1.82) is 0 Å². The maximum atomic E-state index is 5.61. The van der Waals surface area contributed by atoms with Gasteiger partial charge in [-0.05, 0) is 14.1 Å². The van der Waals surface area contributed by atoms with E-state index in [-0.39, 0.29) is 0 Å². The number of thiazole rings is 1. The Kier molecular flexibility index (Phi) is 3.78. The molecule has 0 saturated heterocycles. The minimum Gasteiger partial charge on any atom is -0.469 e. The van der Waals surface area contributed by atoms with E-state index in [1.54, 1.807) is 5.38 Å². The molecule has 0 atom stereocenters. The number of halogens is 1. The zero-order valence-corrected chi connectivity index (χ0v) is 8.65. The monoisotopic (exact) mass is 206 g/mol. The van der Waals surface area contributed by atoms with Crippen LogP contribution in [0.4, 0.5) is 0 Å². The first-order chi connectivity index (χ1) is 5.68. The summed E-state index contributed by atoms with van der Waals surface area (Å²) >= 11 is 7.03. The van der Waals surface area contributed by atoms with Gasteiger partial charge >= 0.3 is 0 Å². The van der Waals surface area contributed by atoms with Crippen molar-refractivity contribution in [2.45, 2.75) is 0 Å². The molecule has 0 aliphatic carbocycles. The van der Waals surface area contributed by atoms with Crippen molar-refractivity contribution >= 4 is 22.9 Å². The van der Waals surface area contributed by atoms with Crippen LogP contribution in [0.3, 0.4) is 0 Å². The second kappa shape index (κ2) is 4.64. The topological polar surface area (TPSA) is 25.4 Å². The van der Waals surface area contributed by atoms with Crippen molar-refractivity contribution < 1.29 is 4.74 Å². The first-order valence-corrected chi connectivity index (χ1v) is 4.83. The number of hydrogen-bond donors (Lipinski definition) is 0. The van der Waals surface area contributed by atoms with Gasteiger partial charge in [-0.15, -0.1) is 0 Å². The standard InChI is InChI=1S/C7H11ClN2OS/c1-10(2)3-4-11-7-9-6(8)5-12-7/h5H,3-4H2,1-2H3. The molecule has 0 aliphatic heterocycles. The van der Waals surface area contributed by atoms with Crippen LogP contribution in [-0.2, 0) is 0 Å². The Hall–Kier alpha value is -0.320. The maximum absolute atomic E-state index is 5.61. The Morgan fingerprint density at radius 3 is 2.92 bits per heavy atom. The Morgan fingerprint density at radius 1 is 1.67 bits per heavy atom. The molecular weight excluding hydrogens is 196 g/mol. The number of rotatable bonds is 4. The van der Waals surface area contributed by atoms with Crippen molar-refractivity contribution in [3.63, 3.8) is 0 Å². The van der Waals surface area contributed by atoms with E-state index in [1.807, 2.05) is 14.1 Å². The molecule has 5 heteroatoms. The lowest BCUT2D eigenvalue weighted by atomic mass is 10.6. The summed E-state index contributed by atoms with van der Waals surface area (Å²) in [5.41, 5.74) is 0. The average Bonchev–Trinajstić information content (AvgIpc) is 2.35. The molecule has 0 aliphatic rings. The molecule has 0 saturated carbocycles. The van der Waals surface area contributed by atoms with E-state index in [4.69, 9.17) is 16.3 Å². The van der Waals surface area contributed by atoms with Crippen LogP contribution in [-0.4, -0.2) is 37.1 Å². The zero-order chi connectivity index (χ0) is 8.97. The third-order valence-electron chi connectivity index (χ3n) is 1.22. The Balaban J connectivity index is 2.24. The molecule has 0 radical (unpaired) electrons. The van der Waals surface area contributed by atoms with E-state index >= 15 is 0 Å². The largest absolute Gasteiger partial charge is 0.469 e. The molecule has 0 aromatic carbocycles. The second-order valence-corrected chi connectivity index (χ2v) is 3.80. The van der Waals surface area contributed by atoms with E-state index < -0.39 is 0 Å². The fourth-order valence-corrected chi connectivity index (χ4v) is 1.43. The highest BCUT2D eigenvalue weighted by atomic mass is 35.5. The number of aromatic nitrogens is 1. The van der Waals surface area contributed by atoms with Gasteiger partial charge in [0.05, 0.1) is 0 Å². The van der Waals surface area contributed by atoms with Crippen molar-refractivity contribution in [3.8, 4) is 5.19 Å². The van der Waals surface area contributed by atoms with Gasteiger partial charge in [0, 0.05) is 11.9 Å². The molecule has 3 nitrogen and oxygen atoms in total. The highest BCUT2D eigenvalue weighted by Gasteiger charge is 1.99. The molecule has 12 heavy (non-hydrogen) atoms. The van der Waals surface area contributed by atoms with Gasteiger partial charge < -0.3 is 9.64 Å². The normalized spacial score (nSPS) is 10.7. The van der Waals surface area contributed by atoms with Crippen LogP contribution < -0.4 is 4.74 Å². The van der Waals surface area contributed by atoms with Crippen molar-refractivity contribution in [3.05, 3.63) is 10.5 Å². The Morgan fingerprint density at radius 2 is 2.42 bits per heavy atom. The molecule has 1 heterocycles. The molecule has 1 rings (SSSR count). The number of nitrogens with zero attached hydrogens (tertiary/aromatic N) is 2. The summed E-state index contributed by atoms with van der Waals surface area (Å²) < 4.78 is 5.32. The molecule has 0 amide bonds. The lowest BCUT2D eigenvalue weighted by molar-refractivity contribution is 0.260. The number of ether oxygens (including phenoxy) is 1. The van der Waals surface area contributed by atoms with Crippen molar-refractivity contribution in [2.24, 2.45) is 0 Å². The van der Waals surface area contributed by atoms with Gasteiger partial charge in [-0.1, -0.05) is 22.9 Å². The third kappa shape index (κ3) is 3.38. The highest BCUT2D eigenvalue weighted by Crippen LogP contribution is 2.20. The van der Waals surface area contributed by atoms with Gasteiger partial charge in [-0.2, -0.15) is 4.98 Å². The smallest absolute Gasteiger partial charge is 0.274 e. The molecule has 1 aromatic rings. The second-order valence-electron chi connectivity index (χ2n) is 2.59. The molecule has 0 fully saturated rings. The summed E-state index contributed by atoms with van der Waals surface area (Å²) in [6, 6.07) is 0. The Labute approximate surface area is 80.9 Å². The van der Waals surface area contributed by atoms with Crippen LogP contribution in [0.15, 0.2) is 5.38 Å². The summed E-state index contributed by atoms with van der Waals surface area (Å²) in [7, 11) is 4.00. The van der Waals surface area contributed by atoms with Crippen LogP contribution in [0, 0.1) is 0 Å². The zero-order valence-electron chi connectivity index (χ0n) is 7.08. The molecular formula is C7H11ClN2OS. The predicted octanol–water partition coefficient (Wildman–Crippen LogP) is 1.74. The molecule has 1 aromatic heterocycles. The average molecular weight is 207 g/mol. The van der Waals surface area contributed by atoms with Gasteiger partial charge in [-0.3, -0.25) is 0 Å². The summed E-state index contributed by atoms with van der Waals surface area (Å²) in [4.78, 5) is 6.00. The van der Waals surface area contributed by atoms with E-state index in [9.17, 15) is 0 Å². The summed E-state index contributed by atoms with van der Waals surface area (Å²) in [5, 5.41) is 2.90. The quantitative estimate of drug-likeness (QED) is 0.751. The third-order valence-corrected chi connectivity index (χ3v) is 2.29. The van der Waals surface area contributed by atoms with Gasteiger partial charge in [0.25, 0.3) is 5.19 Å². The highest BCUT2D eigenvalue weighted by molar-refractivity contribution is 7.11. The summed E-state index contributed by atoms with van der Waals surface area (Å²) in [5.74, 6) is 0. The van der Waals surface area contributed by atoms with E-state index in [2.05, 4.69) is 9.88 Å². The van der Waals surface area contributed by atoms with Gasteiger partial charge in [0.15, 0.2) is 0 Å². The minimum absolute atomic E-state index is 0.500. The van der Waals surface area contributed by atoms with Crippen LogP contribution in [0.25, 0.3) is 0 Å². The summed E-state index contributed by atoms with van der Waals surface area (Å²) in [6.45, 7) is 1.54. The Bertz CT molecular complexity index is 239. The molecule has 0 spiro atoms. The van der Waals surface area contributed by atoms with Crippen molar-refractivity contribution in [1.82, 2.24) is 9.88 Å². The van der Waals surface area contributed by atoms with E-state index in [0.717, 1.165) is 6.54 Å². The number of hydrogen-bond acceptors (Lipinski definition) is 4. The molecule has 0 bridgehead atoms. The van der Waals surface area contributed by atoms with Crippen LogP contribution in [0.2, 0.25) is 5.15 Å². The van der Waals surface area contributed by atoms with Crippen LogP contribution >= 0.6 is 22.9 Å².